The van der Waals surface area contributed by atoms with Gasteiger partial charge in [-0.3, -0.25) is 4.68 Å². The standard InChI is InChI=1S/C13H17N3/c1-4-10-5-7-11(8-6-10)12-9(2)13(14)15-16(12)3/h5-8H,4H2,1-3H3,(H2,14,15). The summed E-state index contributed by atoms with van der Waals surface area (Å²) in [4.78, 5) is 0. The van der Waals surface area contributed by atoms with E-state index in [-0.39, 0.29) is 0 Å². The SMILES string of the molecule is CCc1ccc(-c2c(C)c(N)nn2C)cc1. The van der Waals surface area contributed by atoms with Gasteiger partial charge in [-0.1, -0.05) is 31.2 Å². The van der Waals surface area contributed by atoms with Crippen molar-refractivity contribution in [2.45, 2.75) is 20.3 Å². The van der Waals surface area contributed by atoms with E-state index in [0.29, 0.717) is 5.82 Å². The first-order chi connectivity index (χ1) is 7.63. The molecule has 0 fully saturated rings. The highest BCUT2D eigenvalue weighted by atomic mass is 15.3. The van der Waals surface area contributed by atoms with E-state index < -0.39 is 0 Å². The van der Waals surface area contributed by atoms with Gasteiger partial charge < -0.3 is 5.73 Å². The van der Waals surface area contributed by atoms with E-state index >= 15 is 0 Å². The molecule has 0 radical (unpaired) electrons. The largest absolute Gasteiger partial charge is 0.382 e. The van der Waals surface area contributed by atoms with Crippen molar-refractivity contribution in [2.24, 2.45) is 7.05 Å². The molecule has 84 valence electrons. The van der Waals surface area contributed by atoms with Crippen LogP contribution in [0.1, 0.15) is 18.1 Å². The Labute approximate surface area is 95.9 Å². The summed E-state index contributed by atoms with van der Waals surface area (Å²) in [5, 5.41) is 4.22. The van der Waals surface area contributed by atoms with Gasteiger partial charge in [0, 0.05) is 18.2 Å². The lowest BCUT2D eigenvalue weighted by Crippen LogP contribution is -1.95. The van der Waals surface area contributed by atoms with Crippen LogP contribution < -0.4 is 5.73 Å². The zero-order valence-electron chi connectivity index (χ0n) is 9.99. The normalized spacial score (nSPS) is 10.7. The molecule has 2 aromatic rings. The smallest absolute Gasteiger partial charge is 0.148 e. The number of hydrogen-bond acceptors (Lipinski definition) is 2. The molecule has 3 heteroatoms. The van der Waals surface area contributed by atoms with Crippen molar-refractivity contribution in [1.29, 1.82) is 0 Å². The fourth-order valence-corrected chi connectivity index (χ4v) is 1.95. The van der Waals surface area contributed by atoms with Crippen molar-refractivity contribution < 1.29 is 0 Å². The monoisotopic (exact) mass is 215 g/mol. The van der Waals surface area contributed by atoms with E-state index in [9.17, 15) is 0 Å². The molecule has 0 saturated carbocycles. The summed E-state index contributed by atoms with van der Waals surface area (Å²) < 4.78 is 1.84. The fraction of sp³-hybridized carbons (Fsp3) is 0.308. The maximum atomic E-state index is 5.80. The highest BCUT2D eigenvalue weighted by Crippen LogP contribution is 2.26. The highest BCUT2D eigenvalue weighted by molar-refractivity contribution is 5.68. The van der Waals surface area contributed by atoms with Gasteiger partial charge >= 0.3 is 0 Å². The van der Waals surface area contributed by atoms with Gasteiger partial charge in [-0.05, 0) is 18.9 Å². The molecule has 0 amide bonds. The number of benzene rings is 1. The van der Waals surface area contributed by atoms with E-state index in [2.05, 4.69) is 36.3 Å². The Balaban J connectivity index is 2.50. The first-order valence-electron chi connectivity index (χ1n) is 5.52. The Morgan fingerprint density at radius 3 is 2.31 bits per heavy atom. The summed E-state index contributed by atoms with van der Waals surface area (Å²) in [6.07, 6.45) is 1.06. The third-order valence-corrected chi connectivity index (χ3v) is 2.96. The molecule has 0 unspecified atom stereocenters. The number of nitrogens with two attached hydrogens (primary N) is 1. The minimum Gasteiger partial charge on any atom is -0.382 e. The summed E-state index contributed by atoms with van der Waals surface area (Å²) in [7, 11) is 1.92. The van der Waals surface area contributed by atoms with Gasteiger partial charge in [0.15, 0.2) is 0 Å². The molecular formula is C13H17N3. The average Bonchev–Trinajstić information content (AvgIpc) is 2.54. The van der Waals surface area contributed by atoms with Crippen molar-refractivity contribution in [1.82, 2.24) is 9.78 Å². The Bertz CT molecular complexity index is 495. The lowest BCUT2D eigenvalue weighted by Gasteiger charge is -2.04. The van der Waals surface area contributed by atoms with E-state index in [1.807, 2.05) is 18.7 Å². The average molecular weight is 215 g/mol. The third-order valence-electron chi connectivity index (χ3n) is 2.96. The molecule has 0 spiro atoms. The fourth-order valence-electron chi connectivity index (χ4n) is 1.95. The molecule has 0 atom stereocenters. The molecule has 1 aromatic heterocycles. The molecule has 0 aliphatic heterocycles. The van der Waals surface area contributed by atoms with E-state index in [0.717, 1.165) is 17.7 Å². The van der Waals surface area contributed by atoms with Crippen molar-refractivity contribution >= 4 is 5.82 Å². The summed E-state index contributed by atoms with van der Waals surface area (Å²) in [6, 6.07) is 8.56. The Kier molecular flexibility index (Phi) is 2.69. The number of aryl methyl sites for hydroxylation is 2. The van der Waals surface area contributed by atoms with Crippen LogP contribution in [-0.2, 0) is 13.5 Å². The van der Waals surface area contributed by atoms with Crippen LogP contribution in [0.25, 0.3) is 11.3 Å². The van der Waals surface area contributed by atoms with Crippen LogP contribution >= 0.6 is 0 Å². The van der Waals surface area contributed by atoms with Crippen LogP contribution in [0, 0.1) is 6.92 Å². The molecule has 2 N–H and O–H groups in total. The van der Waals surface area contributed by atoms with Crippen LogP contribution in [0.2, 0.25) is 0 Å². The second kappa shape index (κ2) is 4.00. The second-order valence-corrected chi connectivity index (χ2v) is 4.03. The van der Waals surface area contributed by atoms with Gasteiger partial charge in [0.25, 0.3) is 0 Å². The van der Waals surface area contributed by atoms with Gasteiger partial charge in [0.2, 0.25) is 0 Å². The van der Waals surface area contributed by atoms with Crippen LogP contribution in [0.4, 0.5) is 5.82 Å². The topological polar surface area (TPSA) is 43.8 Å². The molecule has 0 aliphatic carbocycles. The van der Waals surface area contributed by atoms with E-state index in [1.54, 1.807) is 0 Å². The number of anilines is 1. The summed E-state index contributed by atoms with van der Waals surface area (Å²) in [6.45, 7) is 4.16. The molecule has 16 heavy (non-hydrogen) atoms. The predicted octanol–water partition coefficient (Wildman–Crippen LogP) is 2.54. The van der Waals surface area contributed by atoms with Crippen molar-refractivity contribution in [2.75, 3.05) is 5.73 Å². The van der Waals surface area contributed by atoms with Gasteiger partial charge in [-0.15, -0.1) is 0 Å². The molecule has 1 aromatic carbocycles. The number of aromatic nitrogens is 2. The molecule has 3 nitrogen and oxygen atoms in total. The van der Waals surface area contributed by atoms with Gasteiger partial charge in [0.1, 0.15) is 5.82 Å². The Morgan fingerprint density at radius 1 is 1.25 bits per heavy atom. The number of rotatable bonds is 2. The van der Waals surface area contributed by atoms with Crippen LogP contribution in [0.15, 0.2) is 24.3 Å². The minimum absolute atomic E-state index is 0.608. The molecule has 0 bridgehead atoms. The number of nitrogen functional groups attached to an aromatic ring is 1. The van der Waals surface area contributed by atoms with Gasteiger partial charge in [0.05, 0.1) is 5.69 Å². The van der Waals surface area contributed by atoms with E-state index in [4.69, 9.17) is 5.73 Å². The van der Waals surface area contributed by atoms with Crippen LogP contribution in [-0.4, -0.2) is 9.78 Å². The zero-order chi connectivity index (χ0) is 11.7. The van der Waals surface area contributed by atoms with Crippen LogP contribution in [0.5, 0.6) is 0 Å². The zero-order valence-corrected chi connectivity index (χ0v) is 9.99. The lowest BCUT2D eigenvalue weighted by molar-refractivity contribution is 0.780. The highest BCUT2D eigenvalue weighted by Gasteiger charge is 2.11. The van der Waals surface area contributed by atoms with E-state index in [1.165, 1.54) is 11.1 Å². The van der Waals surface area contributed by atoms with Gasteiger partial charge in [-0.2, -0.15) is 5.10 Å². The van der Waals surface area contributed by atoms with Crippen LogP contribution in [0.3, 0.4) is 0 Å². The Morgan fingerprint density at radius 2 is 1.88 bits per heavy atom. The maximum absolute atomic E-state index is 5.80. The maximum Gasteiger partial charge on any atom is 0.148 e. The first-order valence-corrected chi connectivity index (χ1v) is 5.52. The van der Waals surface area contributed by atoms with Crippen molar-refractivity contribution in [3.8, 4) is 11.3 Å². The molecule has 0 saturated heterocycles. The molecular weight excluding hydrogens is 198 g/mol. The molecule has 2 rings (SSSR count). The first kappa shape index (κ1) is 10.7. The molecule has 0 aliphatic rings. The predicted molar refractivity (Wildman–Crippen MR) is 67.2 cm³/mol. The van der Waals surface area contributed by atoms with Crippen molar-refractivity contribution in [3.05, 3.63) is 35.4 Å². The minimum atomic E-state index is 0.608. The quantitative estimate of drug-likeness (QED) is 0.836. The Hall–Kier alpha value is -1.77. The summed E-state index contributed by atoms with van der Waals surface area (Å²) in [5.41, 5.74) is 10.5. The molecule has 1 heterocycles. The summed E-state index contributed by atoms with van der Waals surface area (Å²) >= 11 is 0. The third kappa shape index (κ3) is 1.69. The number of hydrogen-bond donors (Lipinski definition) is 1. The second-order valence-electron chi connectivity index (χ2n) is 4.03. The van der Waals surface area contributed by atoms with Gasteiger partial charge in [-0.25, -0.2) is 0 Å². The lowest BCUT2D eigenvalue weighted by atomic mass is 10.1. The van der Waals surface area contributed by atoms with Crippen molar-refractivity contribution in [3.63, 3.8) is 0 Å². The number of nitrogens with zero attached hydrogens (tertiary/aromatic N) is 2. The summed E-state index contributed by atoms with van der Waals surface area (Å²) in [5.74, 6) is 0.608.